The summed E-state index contributed by atoms with van der Waals surface area (Å²) in [5, 5.41) is 3.54. The molecule has 0 aromatic rings. The van der Waals surface area contributed by atoms with Gasteiger partial charge in [-0.2, -0.15) is 0 Å². The highest BCUT2D eigenvalue weighted by atomic mass is 16.2. The maximum atomic E-state index is 12.6. The van der Waals surface area contributed by atoms with E-state index in [1.807, 2.05) is 0 Å². The molecule has 2 aliphatic heterocycles. The fourth-order valence-electron chi connectivity index (χ4n) is 4.17. The van der Waals surface area contributed by atoms with Gasteiger partial charge in [-0.1, -0.05) is 11.6 Å². The van der Waals surface area contributed by atoms with Gasteiger partial charge >= 0.3 is 0 Å². The van der Waals surface area contributed by atoms with Crippen LogP contribution in [0.3, 0.4) is 0 Å². The molecular weight excluding hydrogens is 248 g/mol. The van der Waals surface area contributed by atoms with Gasteiger partial charge < -0.3 is 10.2 Å². The lowest BCUT2D eigenvalue weighted by Gasteiger charge is -2.45. The Labute approximate surface area is 122 Å². The lowest BCUT2D eigenvalue weighted by molar-refractivity contribution is -0.134. The summed E-state index contributed by atoms with van der Waals surface area (Å²) in [4.78, 5) is 14.7. The van der Waals surface area contributed by atoms with E-state index in [1.165, 1.54) is 50.5 Å². The topological polar surface area (TPSA) is 32.3 Å². The van der Waals surface area contributed by atoms with Gasteiger partial charge in [0.15, 0.2) is 0 Å². The average molecular weight is 276 g/mol. The molecule has 3 heteroatoms. The summed E-state index contributed by atoms with van der Waals surface area (Å²) in [5.74, 6) is 0.378. The van der Waals surface area contributed by atoms with E-state index in [-0.39, 0.29) is 0 Å². The molecule has 1 atom stereocenters. The normalized spacial score (nSPS) is 31.2. The van der Waals surface area contributed by atoms with Gasteiger partial charge in [0.2, 0.25) is 5.91 Å². The summed E-state index contributed by atoms with van der Waals surface area (Å²) in [6, 6.07) is 0. The number of rotatable bonds is 2. The first-order valence-electron chi connectivity index (χ1n) is 8.44. The molecule has 0 radical (unpaired) electrons. The molecule has 3 rings (SSSR count). The molecule has 1 aliphatic carbocycles. The number of nitrogens with zero attached hydrogens (tertiary/aromatic N) is 1. The third kappa shape index (κ3) is 3.25. The summed E-state index contributed by atoms with van der Waals surface area (Å²) < 4.78 is 0. The van der Waals surface area contributed by atoms with Crippen molar-refractivity contribution < 1.29 is 4.79 Å². The van der Waals surface area contributed by atoms with Crippen molar-refractivity contribution in [2.45, 2.75) is 57.8 Å². The van der Waals surface area contributed by atoms with Crippen molar-refractivity contribution in [1.82, 2.24) is 10.2 Å². The van der Waals surface area contributed by atoms with E-state index >= 15 is 0 Å². The van der Waals surface area contributed by atoms with Crippen molar-refractivity contribution in [1.29, 1.82) is 0 Å². The van der Waals surface area contributed by atoms with Crippen LogP contribution in [0.5, 0.6) is 0 Å². The molecule has 0 aromatic carbocycles. The Balaban J connectivity index is 1.58. The molecule has 2 fully saturated rings. The Kier molecular flexibility index (Phi) is 4.45. The number of allylic oxidation sites excluding steroid dienone is 1. The van der Waals surface area contributed by atoms with Crippen LogP contribution in [0.4, 0.5) is 0 Å². The van der Waals surface area contributed by atoms with E-state index in [4.69, 9.17) is 0 Å². The number of hydrogen-bond acceptors (Lipinski definition) is 2. The molecule has 1 spiro atoms. The standard InChI is InChI=1S/C17H28N2O/c20-16(12-15-6-2-1-3-7-15)19-11-5-9-17(14-19)8-4-10-18-13-17/h6,18H,1-5,7-14H2. The lowest BCUT2D eigenvalue weighted by Crippen LogP contribution is -2.52. The maximum Gasteiger partial charge on any atom is 0.226 e. The molecule has 112 valence electrons. The van der Waals surface area contributed by atoms with Crippen molar-refractivity contribution in [2.24, 2.45) is 5.41 Å². The van der Waals surface area contributed by atoms with Gasteiger partial charge in [-0.25, -0.2) is 0 Å². The first-order chi connectivity index (χ1) is 9.77. The minimum Gasteiger partial charge on any atom is -0.342 e. The Hall–Kier alpha value is -0.830. The number of hydrogen-bond donors (Lipinski definition) is 1. The van der Waals surface area contributed by atoms with Crippen LogP contribution in [-0.4, -0.2) is 37.0 Å². The number of carbonyl (C=O) groups excluding carboxylic acids is 1. The van der Waals surface area contributed by atoms with Crippen molar-refractivity contribution >= 4 is 5.91 Å². The van der Waals surface area contributed by atoms with E-state index in [9.17, 15) is 4.79 Å². The minimum absolute atomic E-state index is 0.378. The monoisotopic (exact) mass is 276 g/mol. The Bertz CT molecular complexity index is 377. The molecule has 1 amide bonds. The van der Waals surface area contributed by atoms with Crippen LogP contribution in [0.1, 0.15) is 57.8 Å². The molecule has 2 saturated heterocycles. The van der Waals surface area contributed by atoms with Crippen molar-refractivity contribution in [3.63, 3.8) is 0 Å². The number of nitrogens with one attached hydrogen (secondary N) is 1. The zero-order valence-electron chi connectivity index (χ0n) is 12.6. The molecule has 1 N–H and O–H groups in total. The highest BCUT2D eigenvalue weighted by molar-refractivity contribution is 5.79. The second-order valence-electron chi connectivity index (χ2n) is 6.98. The van der Waals surface area contributed by atoms with Gasteiger partial charge in [0.25, 0.3) is 0 Å². The van der Waals surface area contributed by atoms with Crippen LogP contribution < -0.4 is 5.32 Å². The Morgan fingerprint density at radius 1 is 1.25 bits per heavy atom. The van der Waals surface area contributed by atoms with Crippen LogP contribution in [-0.2, 0) is 4.79 Å². The predicted octanol–water partition coefficient (Wildman–Crippen LogP) is 2.87. The summed E-state index contributed by atoms with van der Waals surface area (Å²) in [6.45, 7) is 4.24. The van der Waals surface area contributed by atoms with Gasteiger partial charge in [0.1, 0.15) is 0 Å². The SMILES string of the molecule is O=C(CC1=CCCCC1)N1CCCC2(CCCNC2)C1. The highest BCUT2D eigenvalue weighted by Gasteiger charge is 2.37. The van der Waals surface area contributed by atoms with Gasteiger partial charge in [-0.05, 0) is 57.9 Å². The predicted molar refractivity (Wildman–Crippen MR) is 81.5 cm³/mol. The van der Waals surface area contributed by atoms with Crippen molar-refractivity contribution in [2.75, 3.05) is 26.2 Å². The second kappa shape index (κ2) is 6.30. The fourth-order valence-corrected chi connectivity index (χ4v) is 4.17. The van der Waals surface area contributed by atoms with Gasteiger partial charge in [0, 0.05) is 31.5 Å². The highest BCUT2D eigenvalue weighted by Crippen LogP contribution is 2.36. The summed E-state index contributed by atoms with van der Waals surface area (Å²) in [5.41, 5.74) is 1.77. The van der Waals surface area contributed by atoms with Crippen molar-refractivity contribution in [3.8, 4) is 0 Å². The summed E-state index contributed by atoms with van der Waals surface area (Å²) in [6.07, 6.45) is 12.9. The van der Waals surface area contributed by atoms with E-state index in [0.29, 0.717) is 17.7 Å². The zero-order valence-corrected chi connectivity index (χ0v) is 12.6. The zero-order chi connectivity index (χ0) is 13.8. The molecule has 1 unspecified atom stereocenters. The first-order valence-corrected chi connectivity index (χ1v) is 8.44. The Morgan fingerprint density at radius 3 is 2.90 bits per heavy atom. The molecule has 0 saturated carbocycles. The lowest BCUT2D eigenvalue weighted by atomic mass is 9.74. The molecule has 0 aromatic heterocycles. The van der Waals surface area contributed by atoms with Crippen LogP contribution >= 0.6 is 0 Å². The average Bonchev–Trinajstić information content (AvgIpc) is 2.49. The van der Waals surface area contributed by atoms with Gasteiger partial charge in [-0.15, -0.1) is 0 Å². The van der Waals surface area contributed by atoms with Crippen LogP contribution in [0.2, 0.25) is 0 Å². The fraction of sp³-hybridized carbons (Fsp3) is 0.824. The van der Waals surface area contributed by atoms with Crippen LogP contribution in [0.15, 0.2) is 11.6 Å². The third-order valence-corrected chi connectivity index (χ3v) is 5.34. The van der Waals surface area contributed by atoms with Gasteiger partial charge in [0.05, 0.1) is 0 Å². The minimum atomic E-state index is 0.378. The number of likely N-dealkylation sites (tertiary alicyclic amines) is 1. The maximum absolute atomic E-state index is 12.6. The summed E-state index contributed by atoms with van der Waals surface area (Å²) in [7, 11) is 0. The largest absolute Gasteiger partial charge is 0.342 e. The van der Waals surface area contributed by atoms with Crippen LogP contribution in [0.25, 0.3) is 0 Å². The molecule has 20 heavy (non-hydrogen) atoms. The molecule has 3 nitrogen and oxygen atoms in total. The molecule has 0 bridgehead atoms. The quantitative estimate of drug-likeness (QED) is 0.787. The second-order valence-corrected chi connectivity index (χ2v) is 6.98. The van der Waals surface area contributed by atoms with Gasteiger partial charge in [-0.3, -0.25) is 4.79 Å². The number of amides is 1. The first kappa shape index (κ1) is 14.1. The third-order valence-electron chi connectivity index (χ3n) is 5.34. The number of piperidine rings is 2. The molecular formula is C17H28N2O. The number of carbonyl (C=O) groups is 1. The van der Waals surface area contributed by atoms with E-state index < -0.39 is 0 Å². The van der Waals surface area contributed by atoms with E-state index in [2.05, 4.69) is 16.3 Å². The van der Waals surface area contributed by atoms with Crippen LogP contribution in [0, 0.1) is 5.41 Å². The Morgan fingerprint density at radius 2 is 2.15 bits per heavy atom. The molecule has 3 aliphatic rings. The smallest absolute Gasteiger partial charge is 0.226 e. The molecule has 2 heterocycles. The van der Waals surface area contributed by atoms with E-state index in [1.54, 1.807) is 0 Å². The van der Waals surface area contributed by atoms with Crippen molar-refractivity contribution in [3.05, 3.63) is 11.6 Å². The van der Waals surface area contributed by atoms with E-state index in [0.717, 1.165) is 32.6 Å². The summed E-state index contributed by atoms with van der Waals surface area (Å²) >= 11 is 0.